The first-order valence-corrected chi connectivity index (χ1v) is 4.38. The van der Waals surface area contributed by atoms with Crippen LogP contribution in [0.15, 0.2) is 24.3 Å². The van der Waals surface area contributed by atoms with Crippen molar-refractivity contribution in [2.45, 2.75) is 13.8 Å². The van der Waals surface area contributed by atoms with E-state index in [2.05, 4.69) is 19.9 Å². The van der Waals surface area contributed by atoms with Gasteiger partial charge in [-0.3, -0.25) is 5.41 Å². The van der Waals surface area contributed by atoms with Crippen LogP contribution in [0.4, 0.5) is 0 Å². The molecular formula is C11H14NO. The van der Waals surface area contributed by atoms with E-state index in [1.165, 1.54) is 0 Å². The zero-order valence-electron chi connectivity index (χ0n) is 8.00. The van der Waals surface area contributed by atoms with Gasteiger partial charge in [-0.1, -0.05) is 32.0 Å². The third-order valence-electron chi connectivity index (χ3n) is 1.51. The van der Waals surface area contributed by atoms with E-state index in [0.29, 0.717) is 18.1 Å². The molecular weight excluding hydrogens is 162 g/mol. The maximum absolute atomic E-state index is 7.57. The van der Waals surface area contributed by atoms with Crippen LogP contribution < -0.4 is 0 Å². The Morgan fingerprint density at radius 2 is 2.31 bits per heavy atom. The smallest absolute Gasteiger partial charge is 0.213 e. The molecule has 0 aliphatic heterocycles. The van der Waals surface area contributed by atoms with Crippen LogP contribution in [0.5, 0.6) is 0 Å². The van der Waals surface area contributed by atoms with Gasteiger partial charge in [-0.05, 0) is 18.1 Å². The van der Waals surface area contributed by atoms with Crippen molar-refractivity contribution in [1.82, 2.24) is 0 Å². The van der Waals surface area contributed by atoms with E-state index in [0.717, 1.165) is 0 Å². The molecule has 0 aliphatic rings. The molecule has 0 saturated carbocycles. The van der Waals surface area contributed by atoms with Gasteiger partial charge in [-0.25, -0.2) is 0 Å². The number of hydrogen-bond acceptors (Lipinski definition) is 2. The molecule has 0 saturated heterocycles. The molecule has 0 bridgehead atoms. The molecule has 13 heavy (non-hydrogen) atoms. The molecule has 0 aromatic heterocycles. The Morgan fingerprint density at radius 1 is 1.54 bits per heavy atom. The highest BCUT2D eigenvalue weighted by Gasteiger charge is 2.02. The molecule has 2 heteroatoms. The fourth-order valence-electron chi connectivity index (χ4n) is 0.862. The van der Waals surface area contributed by atoms with Crippen LogP contribution in [-0.4, -0.2) is 12.5 Å². The van der Waals surface area contributed by atoms with Gasteiger partial charge in [0.2, 0.25) is 5.90 Å². The predicted molar refractivity (Wildman–Crippen MR) is 52.9 cm³/mol. The van der Waals surface area contributed by atoms with Crippen molar-refractivity contribution in [1.29, 1.82) is 5.41 Å². The van der Waals surface area contributed by atoms with E-state index in [9.17, 15) is 0 Å². The summed E-state index contributed by atoms with van der Waals surface area (Å²) in [5.41, 5.74) is 0.711. The largest absolute Gasteiger partial charge is 0.477 e. The molecule has 1 N–H and O–H groups in total. The lowest BCUT2D eigenvalue weighted by Gasteiger charge is -2.08. The minimum Gasteiger partial charge on any atom is -0.477 e. The van der Waals surface area contributed by atoms with Gasteiger partial charge in [-0.2, -0.15) is 0 Å². The average molecular weight is 176 g/mol. The van der Waals surface area contributed by atoms with Gasteiger partial charge in [0.05, 0.1) is 6.61 Å². The second kappa shape index (κ2) is 4.65. The van der Waals surface area contributed by atoms with Crippen LogP contribution in [0.25, 0.3) is 0 Å². The monoisotopic (exact) mass is 176 g/mol. The van der Waals surface area contributed by atoms with Crippen molar-refractivity contribution in [2.24, 2.45) is 5.92 Å². The summed E-state index contributed by atoms with van der Waals surface area (Å²) in [5.74, 6) is 0.651. The Kier molecular flexibility index (Phi) is 3.50. The summed E-state index contributed by atoms with van der Waals surface area (Å²) in [7, 11) is 0. The quantitative estimate of drug-likeness (QED) is 0.557. The molecule has 69 valence electrons. The molecule has 0 atom stereocenters. The number of rotatable bonds is 3. The van der Waals surface area contributed by atoms with Crippen molar-refractivity contribution < 1.29 is 4.74 Å². The van der Waals surface area contributed by atoms with Gasteiger partial charge in [0.1, 0.15) is 0 Å². The first-order chi connectivity index (χ1) is 6.20. The zero-order chi connectivity index (χ0) is 9.68. The lowest BCUT2D eigenvalue weighted by molar-refractivity contribution is 0.257. The van der Waals surface area contributed by atoms with Gasteiger partial charge in [0, 0.05) is 5.56 Å². The highest BCUT2D eigenvalue weighted by atomic mass is 16.5. The number of ether oxygens (including phenoxy) is 1. The molecule has 0 unspecified atom stereocenters. The molecule has 0 amide bonds. The van der Waals surface area contributed by atoms with Crippen LogP contribution in [-0.2, 0) is 4.74 Å². The van der Waals surface area contributed by atoms with Crippen LogP contribution in [0.2, 0.25) is 0 Å². The van der Waals surface area contributed by atoms with Gasteiger partial charge < -0.3 is 4.74 Å². The lowest BCUT2D eigenvalue weighted by Crippen LogP contribution is -2.10. The Labute approximate surface area is 79.1 Å². The first-order valence-electron chi connectivity index (χ1n) is 4.38. The molecule has 1 radical (unpaired) electrons. The second-order valence-electron chi connectivity index (χ2n) is 3.31. The topological polar surface area (TPSA) is 33.1 Å². The van der Waals surface area contributed by atoms with E-state index >= 15 is 0 Å². The zero-order valence-corrected chi connectivity index (χ0v) is 8.00. The second-order valence-corrected chi connectivity index (χ2v) is 3.31. The fourth-order valence-corrected chi connectivity index (χ4v) is 0.862. The summed E-state index contributed by atoms with van der Waals surface area (Å²) < 4.78 is 5.24. The third-order valence-corrected chi connectivity index (χ3v) is 1.51. The van der Waals surface area contributed by atoms with E-state index in [1.807, 2.05) is 18.2 Å². The normalized spacial score (nSPS) is 10.1. The molecule has 0 spiro atoms. The van der Waals surface area contributed by atoms with Crippen molar-refractivity contribution in [2.75, 3.05) is 6.61 Å². The van der Waals surface area contributed by atoms with Gasteiger partial charge in [0.15, 0.2) is 0 Å². The number of nitrogens with one attached hydrogen (secondary N) is 1. The van der Waals surface area contributed by atoms with Crippen molar-refractivity contribution >= 4 is 5.90 Å². The number of benzene rings is 1. The summed E-state index contributed by atoms with van der Waals surface area (Å²) in [6.07, 6.45) is 0. The molecule has 2 nitrogen and oxygen atoms in total. The molecule has 0 heterocycles. The standard InChI is InChI=1S/C11H14NO/c1-9(2)8-13-11(12)10-6-4-3-5-7-10/h3-6,9,12H,8H2,1-2H3. The SMILES string of the molecule is CC(C)COC(=N)c1[c]cccc1. The summed E-state index contributed by atoms with van der Waals surface area (Å²) in [6.45, 7) is 4.70. The van der Waals surface area contributed by atoms with Gasteiger partial charge >= 0.3 is 0 Å². The van der Waals surface area contributed by atoms with E-state index < -0.39 is 0 Å². The maximum Gasteiger partial charge on any atom is 0.213 e. The molecule has 0 aliphatic carbocycles. The summed E-state index contributed by atoms with van der Waals surface area (Å²) in [5, 5.41) is 7.57. The minimum absolute atomic E-state index is 0.203. The van der Waals surface area contributed by atoms with Crippen LogP contribution in [0.3, 0.4) is 0 Å². The minimum atomic E-state index is 0.203. The molecule has 0 fully saturated rings. The first kappa shape index (κ1) is 9.78. The highest BCUT2D eigenvalue weighted by Crippen LogP contribution is 2.02. The Hall–Kier alpha value is -1.31. The molecule has 1 aromatic rings. The van der Waals surface area contributed by atoms with Crippen molar-refractivity contribution in [3.63, 3.8) is 0 Å². The van der Waals surface area contributed by atoms with Gasteiger partial charge in [0.25, 0.3) is 0 Å². The maximum atomic E-state index is 7.57. The summed E-state index contributed by atoms with van der Waals surface area (Å²) >= 11 is 0. The molecule has 1 aromatic carbocycles. The fraction of sp³-hybridized carbons (Fsp3) is 0.364. The summed E-state index contributed by atoms with van der Waals surface area (Å²) in [6, 6.07) is 10.3. The highest BCUT2D eigenvalue weighted by molar-refractivity contribution is 5.91. The Morgan fingerprint density at radius 3 is 2.85 bits per heavy atom. The Bertz CT molecular complexity index is 267. The lowest BCUT2D eigenvalue weighted by atomic mass is 10.2. The van der Waals surface area contributed by atoms with Gasteiger partial charge in [-0.15, -0.1) is 0 Å². The van der Waals surface area contributed by atoms with Crippen molar-refractivity contribution in [3.8, 4) is 0 Å². The van der Waals surface area contributed by atoms with E-state index in [4.69, 9.17) is 10.1 Å². The third kappa shape index (κ3) is 3.28. The number of hydrogen-bond donors (Lipinski definition) is 1. The average Bonchev–Trinajstić information content (AvgIpc) is 2.15. The van der Waals surface area contributed by atoms with Crippen molar-refractivity contribution in [3.05, 3.63) is 35.9 Å². The van der Waals surface area contributed by atoms with E-state index in [-0.39, 0.29) is 5.90 Å². The predicted octanol–water partition coefficient (Wildman–Crippen LogP) is 2.48. The van der Waals surface area contributed by atoms with Crippen LogP contribution >= 0.6 is 0 Å². The Balaban J connectivity index is 2.50. The van der Waals surface area contributed by atoms with Crippen LogP contribution in [0, 0.1) is 17.4 Å². The molecule has 1 rings (SSSR count). The summed E-state index contributed by atoms with van der Waals surface area (Å²) in [4.78, 5) is 0. The van der Waals surface area contributed by atoms with Crippen LogP contribution in [0.1, 0.15) is 19.4 Å². The van der Waals surface area contributed by atoms with E-state index in [1.54, 1.807) is 6.07 Å².